The second kappa shape index (κ2) is 7.18. The molecule has 3 heterocycles. The van der Waals surface area contributed by atoms with Gasteiger partial charge in [-0.2, -0.15) is 0 Å². The van der Waals surface area contributed by atoms with Crippen LogP contribution in [-0.4, -0.2) is 46.8 Å². The second-order valence-corrected chi connectivity index (χ2v) is 7.93. The molecule has 2 aliphatic heterocycles. The Morgan fingerprint density at radius 2 is 1.89 bits per heavy atom. The molecule has 0 bridgehead atoms. The third kappa shape index (κ3) is 3.27. The summed E-state index contributed by atoms with van der Waals surface area (Å²) >= 11 is 6.05. The van der Waals surface area contributed by atoms with Gasteiger partial charge in [0.1, 0.15) is 12.7 Å². The molecule has 146 valence electrons. The van der Waals surface area contributed by atoms with Crippen molar-refractivity contribution in [1.82, 2.24) is 14.5 Å². The minimum Gasteiger partial charge on any atom is -0.486 e. The summed E-state index contributed by atoms with van der Waals surface area (Å²) in [6.07, 6.45) is 1.89. The highest BCUT2D eigenvalue weighted by Crippen LogP contribution is 2.32. The first-order valence-electron chi connectivity index (χ1n) is 9.68. The molecule has 2 aliphatic rings. The molecule has 1 saturated heterocycles. The van der Waals surface area contributed by atoms with E-state index in [1.807, 2.05) is 47.0 Å². The van der Waals surface area contributed by atoms with Crippen LogP contribution in [0.2, 0.25) is 5.02 Å². The Labute approximate surface area is 167 Å². The summed E-state index contributed by atoms with van der Waals surface area (Å²) in [5.41, 5.74) is 1.66. The number of hydrogen-bond donors (Lipinski definition) is 1. The van der Waals surface area contributed by atoms with Gasteiger partial charge >= 0.3 is 5.69 Å². The quantitative estimate of drug-likeness (QED) is 0.732. The van der Waals surface area contributed by atoms with Crippen molar-refractivity contribution in [1.29, 1.82) is 0 Å². The summed E-state index contributed by atoms with van der Waals surface area (Å²) in [7, 11) is 0. The zero-order valence-electron chi connectivity index (χ0n) is 15.4. The molecule has 6 nitrogen and oxygen atoms in total. The number of fused-ring (bicyclic) bond motifs is 2. The Morgan fingerprint density at radius 3 is 2.71 bits per heavy atom. The lowest BCUT2D eigenvalue weighted by atomic mass is 10.0. The molecule has 1 N–H and O–H groups in total. The number of imidazole rings is 1. The van der Waals surface area contributed by atoms with Gasteiger partial charge in [-0.1, -0.05) is 23.7 Å². The molecule has 3 aromatic rings. The van der Waals surface area contributed by atoms with E-state index in [-0.39, 0.29) is 17.8 Å². The number of nitrogens with zero attached hydrogens (tertiary/aromatic N) is 2. The minimum absolute atomic E-state index is 0.0319. The molecule has 7 heteroatoms. The highest BCUT2D eigenvalue weighted by Gasteiger charge is 2.27. The van der Waals surface area contributed by atoms with Crippen LogP contribution >= 0.6 is 11.6 Å². The molecular formula is C21H22ClN3O3. The number of halogens is 1. The number of rotatable bonds is 3. The maximum atomic E-state index is 12.5. The Balaban J connectivity index is 1.24. The van der Waals surface area contributed by atoms with E-state index in [0.29, 0.717) is 11.6 Å². The fraction of sp³-hybridized carbons (Fsp3) is 0.381. The maximum absolute atomic E-state index is 12.5. The van der Waals surface area contributed by atoms with Crippen LogP contribution in [0.4, 0.5) is 0 Å². The monoisotopic (exact) mass is 399 g/mol. The number of aromatic amines is 1. The topological polar surface area (TPSA) is 59.5 Å². The molecule has 1 aromatic heterocycles. The molecule has 0 unspecified atom stereocenters. The predicted octanol–water partition coefficient (Wildman–Crippen LogP) is 3.46. The van der Waals surface area contributed by atoms with Crippen LogP contribution in [0.1, 0.15) is 18.9 Å². The van der Waals surface area contributed by atoms with Crippen molar-refractivity contribution in [2.75, 3.05) is 26.2 Å². The van der Waals surface area contributed by atoms with Gasteiger partial charge in [-0.3, -0.25) is 9.47 Å². The minimum atomic E-state index is -0.0589. The first kappa shape index (κ1) is 17.6. The van der Waals surface area contributed by atoms with Crippen LogP contribution in [0.5, 0.6) is 11.5 Å². The summed E-state index contributed by atoms with van der Waals surface area (Å²) in [6, 6.07) is 13.6. The van der Waals surface area contributed by atoms with Gasteiger partial charge in [-0.05, 0) is 43.2 Å². The fourth-order valence-electron chi connectivity index (χ4n) is 4.27. The highest BCUT2D eigenvalue weighted by atomic mass is 35.5. The first-order valence-corrected chi connectivity index (χ1v) is 10.1. The smallest absolute Gasteiger partial charge is 0.326 e. The van der Waals surface area contributed by atoms with E-state index in [1.165, 1.54) is 0 Å². The van der Waals surface area contributed by atoms with E-state index < -0.39 is 0 Å². The van der Waals surface area contributed by atoms with E-state index in [1.54, 1.807) is 0 Å². The van der Waals surface area contributed by atoms with E-state index in [9.17, 15) is 4.79 Å². The van der Waals surface area contributed by atoms with E-state index in [0.717, 1.165) is 55.0 Å². The molecule has 0 aliphatic carbocycles. The molecule has 0 radical (unpaired) electrons. The number of nitrogens with one attached hydrogen (secondary N) is 1. The Hall–Kier alpha value is -2.44. The molecule has 0 saturated carbocycles. The van der Waals surface area contributed by atoms with Gasteiger partial charge < -0.3 is 14.5 Å². The van der Waals surface area contributed by atoms with Crippen molar-refractivity contribution in [2.45, 2.75) is 25.0 Å². The molecule has 0 spiro atoms. The zero-order valence-corrected chi connectivity index (χ0v) is 16.2. The highest BCUT2D eigenvalue weighted by molar-refractivity contribution is 6.31. The van der Waals surface area contributed by atoms with Crippen molar-refractivity contribution in [3.8, 4) is 11.5 Å². The standard InChI is InChI=1S/C21H22ClN3O3/c22-14-5-6-18-17(11-14)23-21(26)25(18)15-7-9-24(10-8-15)12-16-13-27-19-3-1-2-4-20(19)28-16/h1-6,11,15-16H,7-10,12-13H2,(H,23,26)/t16-/m0/s1. The van der Waals surface area contributed by atoms with Crippen molar-refractivity contribution in [2.24, 2.45) is 0 Å². The summed E-state index contributed by atoms with van der Waals surface area (Å²) in [5.74, 6) is 1.63. The lowest BCUT2D eigenvalue weighted by Gasteiger charge is -2.36. The van der Waals surface area contributed by atoms with Gasteiger partial charge in [0.25, 0.3) is 0 Å². The number of H-pyrrole nitrogens is 1. The Bertz CT molecular complexity index is 1050. The summed E-state index contributed by atoms with van der Waals surface area (Å²) < 4.78 is 13.8. The van der Waals surface area contributed by atoms with Crippen LogP contribution in [0.15, 0.2) is 47.3 Å². The van der Waals surface area contributed by atoms with Gasteiger partial charge in [-0.25, -0.2) is 4.79 Å². The molecule has 28 heavy (non-hydrogen) atoms. The average Bonchev–Trinajstić information content (AvgIpc) is 3.03. The number of likely N-dealkylation sites (tertiary alicyclic amines) is 1. The lowest BCUT2D eigenvalue weighted by Crippen LogP contribution is -2.45. The Morgan fingerprint density at radius 1 is 1.11 bits per heavy atom. The molecule has 2 aromatic carbocycles. The van der Waals surface area contributed by atoms with Crippen LogP contribution in [0.25, 0.3) is 11.0 Å². The van der Waals surface area contributed by atoms with E-state index in [4.69, 9.17) is 21.1 Å². The fourth-order valence-corrected chi connectivity index (χ4v) is 4.44. The lowest BCUT2D eigenvalue weighted by molar-refractivity contribution is 0.0485. The molecule has 5 rings (SSSR count). The molecular weight excluding hydrogens is 378 g/mol. The van der Waals surface area contributed by atoms with Gasteiger partial charge in [-0.15, -0.1) is 0 Å². The normalized spacial score (nSPS) is 20.5. The van der Waals surface area contributed by atoms with Crippen LogP contribution in [0.3, 0.4) is 0 Å². The molecule has 1 atom stereocenters. The van der Waals surface area contributed by atoms with Crippen molar-refractivity contribution in [3.63, 3.8) is 0 Å². The van der Waals surface area contributed by atoms with Crippen LogP contribution in [0, 0.1) is 0 Å². The van der Waals surface area contributed by atoms with Gasteiger partial charge in [0.05, 0.1) is 11.0 Å². The number of benzene rings is 2. The first-order chi connectivity index (χ1) is 13.7. The predicted molar refractivity (Wildman–Crippen MR) is 109 cm³/mol. The summed E-state index contributed by atoms with van der Waals surface area (Å²) in [6.45, 7) is 3.26. The number of piperidine rings is 1. The summed E-state index contributed by atoms with van der Waals surface area (Å²) in [4.78, 5) is 17.8. The zero-order chi connectivity index (χ0) is 19.1. The summed E-state index contributed by atoms with van der Waals surface area (Å²) in [5, 5.41) is 0.631. The third-order valence-corrected chi connectivity index (χ3v) is 5.87. The van der Waals surface area contributed by atoms with Crippen molar-refractivity contribution < 1.29 is 9.47 Å². The molecule has 0 amide bonds. The SMILES string of the molecule is O=c1[nH]c2cc(Cl)ccc2n1C1CCN(C[C@H]2COc3ccccc3O2)CC1. The number of ether oxygens (including phenoxy) is 2. The number of para-hydroxylation sites is 2. The maximum Gasteiger partial charge on any atom is 0.326 e. The number of hydrogen-bond acceptors (Lipinski definition) is 4. The van der Waals surface area contributed by atoms with Crippen LogP contribution < -0.4 is 15.2 Å². The van der Waals surface area contributed by atoms with Crippen LogP contribution in [-0.2, 0) is 0 Å². The van der Waals surface area contributed by atoms with Crippen molar-refractivity contribution >= 4 is 22.6 Å². The number of aromatic nitrogens is 2. The largest absolute Gasteiger partial charge is 0.486 e. The van der Waals surface area contributed by atoms with E-state index >= 15 is 0 Å². The van der Waals surface area contributed by atoms with Crippen molar-refractivity contribution in [3.05, 3.63) is 58.0 Å². The van der Waals surface area contributed by atoms with Gasteiger partial charge in [0.15, 0.2) is 11.5 Å². The second-order valence-electron chi connectivity index (χ2n) is 7.49. The van der Waals surface area contributed by atoms with E-state index in [2.05, 4.69) is 9.88 Å². The average molecular weight is 400 g/mol. The third-order valence-electron chi connectivity index (χ3n) is 5.63. The Kier molecular flexibility index (Phi) is 4.53. The van der Waals surface area contributed by atoms with Gasteiger partial charge in [0.2, 0.25) is 0 Å². The van der Waals surface area contributed by atoms with Gasteiger partial charge in [0, 0.05) is 30.7 Å². The molecule has 1 fully saturated rings.